The number of halogens is 1. The average molecular weight is 500 g/mol. The Morgan fingerprint density at radius 2 is 1.91 bits per heavy atom. The first-order chi connectivity index (χ1) is 15.4. The van der Waals surface area contributed by atoms with Gasteiger partial charge in [0.05, 0.1) is 24.8 Å². The highest BCUT2D eigenvalue weighted by Gasteiger charge is 2.12. The molecule has 0 heterocycles. The van der Waals surface area contributed by atoms with E-state index in [1.165, 1.54) is 19.3 Å². The van der Waals surface area contributed by atoms with Crippen LogP contribution in [0.2, 0.25) is 0 Å². The molecule has 0 aliphatic heterocycles. The first kappa shape index (κ1) is 24.7. The number of carbonyl (C=O) groups is 2. The number of methoxy groups -OCH3 is 1. The van der Waals surface area contributed by atoms with Crippen molar-refractivity contribution in [3.8, 4) is 23.3 Å². The number of ether oxygens (including phenoxy) is 4. The smallest absolute Gasteiger partial charge is 0.348 e. The van der Waals surface area contributed by atoms with E-state index in [0.717, 1.165) is 0 Å². The van der Waals surface area contributed by atoms with E-state index in [-0.39, 0.29) is 17.9 Å². The van der Waals surface area contributed by atoms with Crippen molar-refractivity contribution in [2.24, 2.45) is 0 Å². The minimum Gasteiger partial charge on any atom is -0.493 e. The molecule has 0 unspecified atom stereocenters. The maximum absolute atomic E-state index is 12.3. The van der Waals surface area contributed by atoms with Gasteiger partial charge in [0, 0.05) is 6.08 Å². The third-order valence-electron chi connectivity index (χ3n) is 3.96. The molecular weight excluding hydrogens is 478 g/mol. The molecule has 0 aliphatic rings. The quantitative estimate of drug-likeness (QED) is 0.208. The Hall–Kier alpha value is -3.57. The Morgan fingerprint density at radius 3 is 2.56 bits per heavy atom. The molecule has 0 saturated heterocycles. The zero-order valence-corrected chi connectivity index (χ0v) is 19.5. The standard InChI is InChI=1S/C24H22BrNO6/c1-4-30-23-20(25)13-17(14-21(23)29-3)9-10-22(27)32-19-8-6-7-16(12-19)11-18(15-26)24(28)31-5-2/h6-14H,4-5H2,1-3H3/b10-9+,18-11+. The highest BCUT2D eigenvalue weighted by atomic mass is 79.9. The van der Waals surface area contributed by atoms with Crippen molar-refractivity contribution >= 4 is 40.0 Å². The number of carbonyl (C=O) groups excluding carboxylic acids is 2. The van der Waals surface area contributed by atoms with E-state index < -0.39 is 11.9 Å². The van der Waals surface area contributed by atoms with Crippen molar-refractivity contribution in [3.63, 3.8) is 0 Å². The zero-order valence-electron chi connectivity index (χ0n) is 17.9. The molecule has 0 bridgehead atoms. The molecule has 0 N–H and O–H groups in total. The fraction of sp³-hybridized carbons (Fsp3) is 0.208. The van der Waals surface area contributed by atoms with Crippen LogP contribution in [0.4, 0.5) is 0 Å². The van der Waals surface area contributed by atoms with Gasteiger partial charge in [-0.05, 0) is 77.3 Å². The number of hydrogen-bond acceptors (Lipinski definition) is 7. The van der Waals surface area contributed by atoms with Crippen molar-refractivity contribution in [1.29, 1.82) is 5.26 Å². The predicted octanol–water partition coefficient (Wildman–Crippen LogP) is 4.95. The van der Waals surface area contributed by atoms with Gasteiger partial charge in [0.1, 0.15) is 17.4 Å². The molecule has 2 aromatic rings. The third kappa shape index (κ3) is 7.00. The van der Waals surface area contributed by atoms with Crippen LogP contribution < -0.4 is 14.2 Å². The lowest BCUT2D eigenvalue weighted by Gasteiger charge is -2.12. The van der Waals surface area contributed by atoms with Crippen molar-refractivity contribution in [2.75, 3.05) is 20.3 Å². The molecule has 7 nitrogen and oxygen atoms in total. The molecule has 0 spiro atoms. The second-order valence-electron chi connectivity index (χ2n) is 6.18. The minimum absolute atomic E-state index is 0.148. The molecule has 0 saturated carbocycles. The lowest BCUT2D eigenvalue weighted by Crippen LogP contribution is -2.06. The fourth-order valence-corrected chi connectivity index (χ4v) is 3.19. The van der Waals surface area contributed by atoms with E-state index >= 15 is 0 Å². The summed E-state index contributed by atoms with van der Waals surface area (Å²) in [6, 6.07) is 11.8. The van der Waals surface area contributed by atoms with Crippen LogP contribution in [-0.2, 0) is 14.3 Å². The summed E-state index contributed by atoms with van der Waals surface area (Å²) in [4.78, 5) is 24.0. The summed E-state index contributed by atoms with van der Waals surface area (Å²) < 4.78 is 21.8. The molecule has 2 aromatic carbocycles. The van der Waals surface area contributed by atoms with Crippen molar-refractivity contribution < 1.29 is 28.5 Å². The van der Waals surface area contributed by atoms with E-state index in [4.69, 9.17) is 24.2 Å². The SMILES string of the molecule is CCOC(=O)/C(C#N)=C/c1cccc(OC(=O)/C=C/c2cc(Br)c(OCC)c(OC)c2)c1. The number of hydrogen-bond donors (Lipinski definition) is 0. The van der Waals surface area contributed by atoms with E-state index in [9.17, 15) is 9.59 Å². The minimum atomic E-state index is -0.711. The summed E-state index contributed by atoms with van der Waals surface area (Å²) in [7, 11) is 1.53. The van der Waals surface area contributed by atoms with Crippen LogP contribution in [0.3, 0.4) is 0 Å². The van der Waals surface area contributed by atoms with Crippen LogP contribution in [0.1, 0.15) is 25.0 Å². The number of benzene rings is 2. The number of nitrogens with zero attached hydrogens (tertiary/aromatic N) is 1. The summed E-state index contributed by atoms with van der Waals surface area (Å²) in [5.41, 5.74) is 1.08. The average Bonchev–Trinajstić information content (AvgIpc) is 2.78. The van der Waals surface area contributed by atoms with Gasteiger partial charge < -0.3 is 18.9 Å². The molecule has 166 valence electrons. The molecule has 0 aliphatic carbocycles. The highest BCUT2D eigenvalue weighted by Crippen LogP contribution is 2.37. The lowest BCUT2D eigenvalue weighted by atomic mass is 10.1. The van der Waals surface area contributed by atoms with Gasteiger partial charge in [0.25, 0.3) is 0 Å². The third-order valence-corrected chi connectivity index (χ3v) is 4.54. The molecule has 0 radical (unpaired) electrons. The molecule has 32 heavy (non-hydrogen) atoms. The molecule has 2 rings (SSSR count). The number of rotatable bonds is 9. The van der Waals surface area contributed by atoms with Crippen molar-refractivity contribution in [1.82, 2.24) is 0 Å². The maximum atomic E-state index is 12.3. The van der Waals surface area contributed by atoms with Gasteiger partial charge >= 0.3 is 11.9 Å². The summed E-state index contributed by atoms with van der Waals surface area (Å²) >= 11 is 3.44. The van der Waals surface area contributed by atoms with Gasteiger partial charge in [-0.25, -0.2) is 9.59 Å². The summed E-state index contributed by atoms with van der Waals surface area (Å²) in [6.07, 6.45) is 4.24. The van der Waals surface area contributed by atoms with Crippen LogP contribution >= 0.6 is 15.9 Å². The Kier molecular flexibility index (Phi) is 9.51. The summed E-state index contributed by atoms with van der Waals surface area (Å²) in [6.45, 7) is 4.18. The van der Waals surface area contributed by atoms with Crippen LogP contribution in [-0.4, -0.2) is 32.3 Å². The molecule has 0 fully saturated rings. The second-order valence-corrected chi connectivity index (χ2v) is 7.04. The number of nitriles is 1. The Bertz CT molecular complexity index is 1080. The van der Waals surface area contributed by atoms with Gasteiger partial charge in [0.2, 0.25) is 0 Å². The lowest BCUT2D eigenvalue weighted by molar-refractivity contribution is -0.138. The number of esters is 2. The monoisotopic (exact) mass is 499 g/mol. The topological polar surface area (TPSA) is 94.9 Å². The molecule has 8 heteroatoms. The van der Waals surface area contributed by atoms with E-state index in [2.05, 4.69) is 15.9 Å². The maximum Gasteiger partial charge on any atom is 0.348 e. The fourth-order valence-electron chi connectivity index (χ4n) is 2.62. The second kappa shape index (κ2) is 12.3. The van der Waals surface area contributed by atoms with Crippen LogP contribution in [0.25, 0.3) is 12.2 Å². The van der Waals surface area contributed by atoms with E-state index in [1.807, 2.05) is 6.92 Å². The van der Waals surface area contributed by atoms with E-state index in [1.54, 1.807) is 55.5 Å². The van der Waals surface area contributed by atoms with Gasteiger partial charge in [-0.15, -0.1) is 0 Å². The Labute approximate surface area is 195 Å². The highest BCUT2D eigenvalue weighted by molar-refractivity contribution is 9.10. The Morgan fingerprint density at radius 1 is 1.12 bits per heavy atom. The molecule has 0 aromatic heterocycles. The first-order valence-electron chi connectivity index (χ1n) is 9.71. The van der Waals surface area contributed by atoms with Gasteiger partial charge in [-0.3, -0.25) is 0 Å². The molecule has 0 amide bonds. The van der Waals surface area contributed by atoms with Crippen molar-refractivity contribution in [2.45, 2.75) is 13.8 Å². The molecular formula is C24H22BrNO6. The Balaban J connectivity index is 2.15. The van der Waals surface area contributed by atoms with Crippen molar-refractivity contribution in [3.05, 3.63) is 63.6 Å². The predicted molar refractivity (Wildman–Crippen MR) is 123 cm³/mol. The normalized spacial score (nSPS) is 11.0. The summed E-state index contributed by atoms with van der Waals surface area (Å²) in [5, 5.41) is 9.15. The summed E-state index contributed by atoms with van der Waals surface area (Å²) in [5.74, 6) is 0.0704. The van der Waals surface area contributed by atoms with Gasteiger partial charge in [0.15, 0.2) is 11.5 Å². The molecule has 0 atom stereocenters. The van der Waals surface area contributed by atoms with Crippen LogP contribution in [0, 0.1) is 11.3 Å². The van der Waals surface area contributed by atoms with Crippen LogP contribution in [0.5, 0.6) is 17.2 Å². The van der Waals surface area contributed by atoms with Gasteiger partial charge in [-0.2, -0.15) is 5.26 Å². The van der Waals surface area contributed by atoms with Gasteiger partial charge in [-0.1, -0.05) is 12.1 Å². The zero-order chi connectivity index (χ0) is 23.5. The largest absolute Gasteiger partial charge is 0.493 e. The van der Waals surface area contributed by atoms with Crippen LogP contribution in [0.15, 0.2) is 52.5 Å². The first-order valence-corrected chi connectivity index (χ1v) is 10.5. The van der Waals surface area contributed by atoms with E-state index in [0.29, 0.717) is 33.7 Å².